The Bertz CT molecular complexity index is 982. The maximum atomic E-state index is 12.8. The van der Waals surface area contributed by atoms with Crippen LogP contribution in [0.15, 0.2) is 42.0 Å². The van der Waals surface area contributed by atoms with Gasteiger partial charge in [0.2, 0.25) is 0 Å². The van der Waals surface area contributed by atoms with E-state index >= 15 is 0 Å². The highest BCUT2D eigenvalue weighted by Crippen LogP contribution is 2.35. The van der Waals surface area contributed by atoms with E-state index in [-0.39, 0.29) is 27.7 Å². The number of aromatic hydroxyl groups is 1. The molecule has 138 valence electrons. The molecule has 1 saturated heterocycles. The van der Waals surface area contributed by atoms with Crippen LogP contribution in [0.25, 0.3) is 6.08 Å². The fraction of sp³-hybridized carbons (Fsp3) is 0.105. The molecule has 0 aromatic heterocycles. The topological polar surface area (TPSA) is 95.9 Å². The Labute approximate surface area is 159 Å². The van der Waals surface area contributed by atoms with E-state index in [4.69, 9.17) is 16.3 Å². The average molecular weight is 387 g/mol. The smallest absolute Gasteiger partial charge is 0.335 e. The summed E-state index contributed by atoms with van der Waals surface area (Å²) < 4.78 is 5.01. The number of anilines is 1. The molecular formula is C19H15ClN2O5. The van der Waals surface area contributed by atoms with Crippen LogP contribution in [0.5, 0.6) is 11.5 Å². The first-order chi connectivity index (χ1) is 12.8. The zero-order chi connectivity index (χ0) is 19.7. The predicted molar refractivity (Wildman–Crippen MR) is 99.8 cm³/mol. The molecule has 0 radical (unpaired) electrons. The quantitative estimate of drug-likeness (QED) is 0.624. The molecule has 7 nitrogen and oxygen atoms in total. The number of carbonyl (C=O) groups is 3. The van der Waals surface area contributed by atoms with Gasteiger partial charge in [-0.2, -0.15) is 0 Å². The number of nitrogens with one attached hydrogen (secondary N) is 1. The maximum Gasteiger partial charge on any atom is 0.335 e. The molecule has 1 aliphatic rings. The Morgan fingerprint density at radius 3 is 2.44 bits per heavy atom. The number of imide groups is 2. The van der Waals surface area contributed by atoms with Gasteiger partial charge in [0, 0.05) is 16.7 Å². The SMILES string of the molecule is COc1cc(Cl)cc(C=C2C(=O)NC(=O)N(c3ccc(C)cc3)C2=O)c1O. The average Bonchev–Trinajstić information content (AvgIpc) is 2.62. The van der Waals surface area contributed by atoms with Gasteiger partial charge in [0.1, 0.15) is 5.57 Å². The van der Waals surface area contributed by atoms with E-state index in [1.807, 2.05) is 6.92 Å². The van der Waals surface area contributed by atoms with E-state index in [0.29, 0.717) is 5.69 Å². The van der Waals surface area contributed by atoms with E-state index in [1.54, 1.807) is 24.3 Å². The number of hydrogen-bond donors (Lipinski definition) is 2. The molecule has 1 heterocycles. The molecule has 2 aromatic rings. The van der Waals surface area contributed by atoms with Crippen molar-refractivity contribution in [3.8, 4) is 11.5 Å². The molecule has 1 aliphatic heterocycles. The number of rotatable bonds is 3. The fourth-order valence-corrected chi connectivity index (χ4v) is 2.82. The lowest BCUT2D eigenvalue weighted by atomic mass is 10.1. The zero-order valence-corrected chi connectivity index (χ0v) is 15.2. The van der Waals surface area contributed by atoms with Crippen LogP contribution in [-0.2, 0) is 9.59 Å². The van der Waals surface area contributed by atoms with Gasteiger partial charge in [-0.3, -0.25) is 14.9 Å². The number of nitrogens with zero attached hydrogens (tertiary/aromatic N) is 1. The maximum absolute atomic E-state index is 12.8. The number of ether oxygens (including phenoxy) is 1. The number of halogens is 1. The molecule has 0 saturated carbocycles. The molecule has 3 rings (SSSR count). The second-order valence-electron chi connectivity index (χ2n) is 5.84. The number of methoxy groups -OCH3 is 1. The van der Waals surface area contributed by atoms with Gasteiger partial charge in [-0.05, 0) is 31.2 Å². The highest BCUT2D eigenvalue weighted by atomic mass is 35.5. The first kappa shape index (κ1) is 18.5. The van der Waals surface area contributed by atoms with Gasteiger partial charge < -0.3 is 9.84 Å². The third-order valence-corrected chi connectivity index (χ3v) is 4.20. The highest BCUT2D eigenvalue weighted by molar-refractivity contribution is 6.39. The van der Waals surface area contributed by atoms with Crippen molar-refractivity contribution >= 4 is 41.2 Å². The molecule has 1 fully saturated rings. The number of barbiturate groups is 1. The van der Waals surface area contributed by atoms with E-state index in [1.165, 1.54) is 19.2 Å². The number of urea groups is 1. The summed E-state index contributed by atoms with van der Waals surface area (Å²) in [4.78, 5) is 38.1. The molecule has 0 aliphatic carbocycles. The largest absolute Gasteiger partial charge is 0.504 e. The molecule has 2 aromatic carbocycles. The molecule has 0 bridgehead atoms. The Morgan fingerprint density at radius 1 is 1.15 bits per heavy atom. The molecule has 27 heavy (non-hydrogen) atoms. The third-order valence-electron chi connectivity index (χ3n) is 3.98. The summed E-state index contributed by atoms with van der Waals surface area (Å²) in [5.41, 5.74) is 1.05. The summed E-state index contributed by atoms with van der Waals surface area (Å²) in [5, 5.41) is 12.6. The van der Waals surface area contributed by atoms with Crippen LogP contribution in [0.4, 0.5) is 10.5 Å². The lowest BCUT2D eigenvalue weighted by Gasteiger charge is -2.26. The van der Waals surface area contributed by atoms with Crippen molar-refractivity contribution in [2.75, 3.05) is 12.0 Å². The van der Waals surface area contributed by atoms with Crippen LogP contribution in [0.3, 0.4) is 0 Å². The second kappa shape index (κ2) is 7.13. The first-order valence-electron chi connectivity index (χ1n) is 7.86. The summed E-state index contributed by atoms with van der Waals surface area (Å²) in [6, 6.07) is 8.59. The highest BCUT2D eigenvalue weighted by Gasteiger charge is 2.37. The fourth-order valence-electron chi connectivity index (χ4n) is 2.60. The van der Waals surface area contributed by atoms with Gasteiger partial charge >= 0.3 is 6.03 Å². The van der Waals surface area contributed by atoms with E-state index in [2.05, 4.69) is 5.32 Å². The standard InChI is InChI=1S/C19H15ClN2O5/c1-10-3-5-13(6-4-10)22-18(25)14(17(24)21-19(22)26)8-11-7-12(20)9-15(27-2)16(11)23/h3-9,23H,1-2H3,(H,21,24,26). The minimum Gasteiger partial charge on any atom is -0.504 e. The van der Waals surface area contributed by atoms with Crippen LogP contribution >= 0.6 is 11.6 Å². The summed E-state index contributed by atoms with van der Waals surface area (Å²) >= 11 is 5.98. The normalized spacial score (nSPS) is 15.9. The molecule has 8 heteroatoms. The monoisotopic (exact) mass is 386 g/mol. The zero-order valence-electron chi connectivity index (χ0n) is 14.4. The summed E-state index contributed by atoms with van der Waals surface area (Å²) in [6.45, 7) is 1.87. The third kappa shape index (κ3) is 3.50. The summed E-state index contributed by atoms with van der Waals surface area (Å²) in [7, 11) is 1.35. The van der Waals surface area contributed by atoms with Gasteiger partial charge in [0.05, 0.1) is 12.8 Å². The van der Waals surface area contributed by atoms with Crippen molar-refractivity contribution < 1.29 is 24.2 Å². The van der Waals surface area contributed by atoms with E-state index in [0.717, 1.165) is 16.5 Å². The van der Waals surface area contributed by atoms with E-state index in [9.17, 15) is 19.5 Å². The minimum absolute atomic E-state index is 0.0875. The molecule has 0 atom stereocenters. The van der Waals surface area contributed by atoms with Crippen LogP contribution in [-0.4, -0.2) is 30.1 Å². The Kier molecular flexibility index (Phi) is 4.87. The van der Waals surface area contributed by atoms with Gasteiger partial charge in [-0.25, -0.2) is 9.69 Å². The van der Waals surface area contributed by atoms with Crippen molar-refractivity contribution in [3.63, 3.8) is 0 Å². The molecule has 4 amide bonds. The molecule has 0 spiro atoms. The number of amides is 4. The van der Waals surface area contributed by atoms with Gasteiger partial charge in [-0.1, -0.05) is 29.3 Å². The van der Waals surface area contributed by atoms with Crippen molar-refractivity contribution in [1.82, 2.24) is 5.32 Å². The number of hydrogen-bond acceptors (Lipinski definition) is 5. The lowest BCUT2D eigenvalue weighted by molar-refractivity contribution is -0.122. The van der Waals surface area contributed by atoms with Gasteiger partial charge in [-0.15, -0.1) is 0 Å². The number of benzene rings is 2. The number of aryl methyl sites for hydroxylation is 1. The molecule has 0 unspecified atom stereocenters. The first-order valence-corrected chi connectivity index (χ1v) is 8.24. The number of phenolic OH excluding ortho intramolecular Hbond substituents is 1. The Morgan fingerprint density at radius 2 is 1.81 bits per heavy atom. The van der Waals surface area contributed by atoms with Crippen molar-refractivity contribution in [3.05, 3.63) is 58.1 Å². The summed E-state index contributed by atoms with van der Waals surface area (Å²) in [5.74, 6) is -1.88. The van der Waals surface area contributed by atoms with Crippen LogP contribution in [0.2, 0.25) is 5.02 Å². The van der Waals surface area contributed by atoms with Gasteiger partial charge in [0.25, 0.3) is 11.8 Å². The van der Waals surface area contributed by atoms with Crippen molar-refractivity contribution in [2.45, 2.75) is 6.92 Å². The number of carbonyl (C=O) groups excluding carboxylic acids is 3. The molecule has 2 N–H and O–H groups in total. The van der Waals surface area contributed by atoms with Crippen LogP contribution in [0.1, 0.15) is 11.1 Å². The van der Waals surface area contributed by atoms with Gasteiger partial charge in [0.15, 0.2) is 11.5 Å². The van der Waals surface area contributed by atoms with Crippen molar-refractivity contribution in [2.24, 2.45) is 0 Å². The summed E-state index contributed by atoms with van der Waals surface area (Å²) in [6.07, 6.45) is 1.16. The minimum atomic E-state index is -0.869. The Balaban J connectivity index is 2.07. The molecular weight excluding hydrogens is 372 g/mol. The Hall–Kier alpha value is -3.32. The second-order valence-corrected chi connectivity index (χ2v) is 6.28. The van der Waals surface area contributed by atoms with Crippen molar-refractivity contribution in [1.29, 1.82) is 0 Å². The van der Waals surface area contributed by atoms with E-state index < -0.39 is 17.8 Å². The van der Waals surface area contributed by atoms with Crippen LogP contribution in [0, 0.1) is 6.92 Å². The van der Waals surface area contributed by atoms with Crippen LogP contribution < -0.4 is 15.0 Å². The predicted octanol–water partition coefficient (Wildman–Crippen LogP) is 3.03. The lowest BCUT2D eigenvalue weighted by Crippen LogP contribution is -2.54. The number of phenols is 1.